The molecule has 0 saturated carbocycles. The molecule has 0 bridgehead atoms. The largest absolute Gasteiger partial charge is 0.391 e. The Morgan fingerprint density at radius 1 is 1.29 bits per heavy atom. The van der Waals surface area contributed by atoms with Crippen molar-refractivity contribution in [3.8, 4) is 0 Å². The highest BCUT2D eigenvalue weighted by atomic mass is 16.3. The number of nitrogens with two attached hydrogens (primary N) is 1. The Bertz CT molecular complexity index is 309. The molecule has 0 aromatic heterocycles. The molecule has 2 unspecified atom stereocenters. The Morgan fingerprint density at radius 3 is 2.43 bits per heavy atom. The zero-order chi connectivity index (χ0) is 10.7. The summed E-state index contributed by atoms with van der Waals surface area (Å²) in [5.41, 5.74) is 9.13. The predicted molar refractivity (Wildman–Crippen MR) is 59.4 cm³/mol. The molecule has 2 heteroatoms. The minimum Gasteiger partial charge on any atom is -0.391 e. The second-order valence-corrected chi connectivity index (χ2v) is 3.94. The van der Waals surface area contributed by atoms with Gasteiger partial charge in [-0.15, -0.1) is 0 Å². The Hall–Kier alpha value is -0.860. The Balaban J connectivity index is 2.91. The van der Waals surface area contributed by atoms with Crippen molar-refractivity contribution >= 4 is 0 Å². The topological polar surface area (TPSA) is 46.2 Å². The normalized spacial score (nSPS) is 15.2. The summed E-state index contributed by atoms with van der Waals surface area (Å²) >= 11 is 0. The van der Waals surface area contributed by atoms with Crippen LogP contribution in [0.1, 0.15) is 29.5 Å². The van der Waals surface area contributed by atoms with E-state index in [4.69, 9.17) is 5.73 Å². The zero-order valence-electron chi connectivity index (χ0n) is 9.12. The van der Waals surface area contributed by atoms with E-state index in [9.17, 15) is 5.11 Å². The van der Waals surface area contributed by atoms with E-state index < -0.39 is 6.10 Å². The number of rotatable bonds is 3. The average molecular weight is 193 g/mol. The van der Waals surface area contributed by atoms with Gasteiger partial charge in [0, 0.05) is 12.5 Å². The highest BCUT2D eigenvalue weighted by Gasteiger charge is 2.14. The van der Waals surface area contributed by atoms with Gasteiger partial charge in [-0.05, 0) is 30.5 Å². The first-order valence-corrected chi connectivity index (χ1v) is 5.01. The highest BCUT2D eigenvalue weighted by Crippen LogP contribution is 2.21. The highest BCUT2D eigenvalue weighted by molar-refractivity contribution is 5.32. The molecule has 0 aliphatic heterocycles. The number of benzene rings is 1. The van der Waals surface area contributed by atoms with Crippen molar-refractivity contribution in [1.29, 1.82) is 0 Å². The summed E-state index contributed by atoms with van der Waals surface area (Å²) in [6, 6.07) is 6.27. The van der Waals surface area contributed by atoms with Crippen LogP contribution in [0.3, 0.4) is 0 Å². The van der Waals surface area contributed by atoms with Crippen LogP contribution < -0.4 is 5.73 Å². The summed E-state index contributed by atoms with van der Waals surface area (Å²) in [6.07, 6.45) is -0.447. The summed E-state index contributed by atoms with van der Waals surface area (Å²) in [6.45, 7) is 6.49. The van der Waals surface area contributed by atoms with Gasteiger partial charge < -0.3 is 10.8 Å². The van der Waals surface area contributed by atoms with Crippen molar-refractivity contribution in [3.63, 3.8) is 0 Å². The molecule has 0 fully saturated rings. The SMILES string of the molecule is Cc1ccc(C(C)C(O)CN)cc1C. The molecular formula is C12H19NO. The molecule has 1 rings (SSSR count). The second kappa shape index (κ2) is 4.58. The van der Waals surface area contributed by atoms with Gasteiger partial charge in [0.05, 0.1) is 6.10 Å². The van der Waals surface area contributed by atoms with Gasteiger partial charge in [-0.25, -0.2) is 0 Å². The summed E-state index contributed by atoms with van der Waals surface area (Å²) < 4.78 is 0. The van der Waals surface area contributed by atoms with Crippen LogP contribution >= 0.6 is 0 Å². The minimum absolute atomic E-state index is 0.110. The Kier molecular flexibility index (Phi) is 3.67. The number of aliphatic hydroxyl groups is 1. The average Bonchev–Trinajstić information content (AvgIpc) is 2.20. The fraction of sp³-hybridized carbons (Fsp3) is 0.500. The lowest BCUT2D eigenvalue weighted by Crippen LogP contribution is -2.25. The van der Waals surface area contributed by atoms with Crippen LogP contribution in [0.25, 0.3) is 0 Å². The van der Waals surface area contributed by atoms with Gasteiger partial charge in [0.15, 0.2) is 0 Å². The molecule has 0 saturated heterocycles. The van der Waals surface area contributed by atoms with Gasteiger partial charge in [-0.3, -0.25) is 0 Å². The van der Waals surface area contributed by atoms with E-state index in [0.29, 0.717) is 6.54 Å². The maximum atomic E-state index is 9.62. The summed E-state index contributed by atoms with van der Waals surface area (Å²) in [5.74, 6) is 0.110. The third kappa shape index (κ3) is 2.34. The number of hydrogen-bond donors (Lipinski definition) is 2. The van der Waals surface area contributed by atoms with Crippen molar-refractivity contribution < 1.29 is 5.11 Å². The van der Waals surface area contributed by atoms with Crippen LogP contribution in [-0.4, -0.2) is 17.8 Å². The molecule has 2 atom stereocenters. The lowest BCUT2D eigenvalue weighted by Gasteiger charge is -2.18. The fourth-order valence-corrected chi connectivity index (χ4v) is 1.47. The molecule has 78 valence electrons. The Morgan fingerprint density at radius 2 is 1.93 bits per heavy atom. The lowest BCUT2D eigenvalue weighted by molar-refractivity contribution is 0.157. The van der Waals surface area contributed by atoms with E-state index >= 15 is 0 Å². The van der Waals surface area contributed by atoms with E-state index in [1.165, 1.54) is 11.1 Å². The summed E-state index contributed by atoms with van der Waals surface area (Å²) in [7, 11) is 0. The molecule has 0 radical (unpaired) electrons. The maximum Gasteiger partial charge on any atom is 0.0728 e. The van der Waals surface area contributed by atoms with Gasteiger partial charge >= 0.3 is 0 Å². The number of hydrogen-bond acceptors (Lipinski definition) is 2. The molecule has 0 amide bonds. The van der Waals surface area contributed by atoms with E-state index in [-0.39, 0.29) is 5.92 Å². The van der Waals surface area contributed by atoms with E-state index in [2.05, 4.69) is 32.0 Å². The van der Waals surface area contributed by atoms with Crippen LogP contribution in [0, 0.1) is 13.8 Å². The molecule has 1 aromatic carbocycles. The Labute approximate surface area is 85.8 Å². The molecule has 3 N–H and O–H groups in total. The second-order valence-electron chi connectivity index (χ2n) is 3.94. The maximum absolute atomic E-state index is 9.62. The molecule has 0 aliphatic rings. The molecule has 0 heterocycles. The molecule has 14 heavy (non-hydrogen) atoms. The van der Waals surface area contributed by atoms with Crippen molar-refractivity contribution in [2.75, 3.05) is 6.54 Å². The van der Waals surface area contributed by atoms with Crippen molar-refractivity contribution in [3.05, 3.63) is 34.9 Å². The first kappa shape index (κ1) is 11.2. The van der Waals surface area contributed by atoms with Crippen molar-refractivity contribution in [2.45, 2.75) is 32.8 Å². The van der Waals surface area contributed by atoms with Crippen LogP contribution in [0.5, 0.6) is 0 Å². The summed E-state index contributed by atoms with van der Waals surface area (Å²) in [4.78, 5) is 0. The van der Waals surface area contributed by atoms with Crippen LogP contribution in [-0.2, 0) is 0 Å². The number of aryl methyl sites for hydroxylation is 2. The first-order valence-electron chi connectivity index (χ1n) is 5.01. The van der Waals surface area contributed by atoms with Crippen LogP contribution in [0.2, 0.25) is 0 Å². The lowest BCUT2D eigenvalue weighted by atomic mass is 9.93. The van der Waals surface area contributed by atoms with Crippen molar-refractivity contribution in [1.82, 2.24) is 0 Å². The minimum atomic E-state index is -0.447. The molecular weight excluding hydrogens is 174 g/mol. The third-order valence-corrected chi connectivity index (χ3v) is 2.88. The molecule has 1 aromatic rings. The molecule has 0 spiro atoms. The molecule has 2 nitrogen and oxygen atoms in total. The van der Waals surface area contributed by atoms with Gasteiger partial charge in [0.25, 0.3) is 0 Å². The van der Waals surface area contributed by atoms with E-state index in [0.717, 1.165) is 5.56 Å². The molecule has 0 aliphatic carbocycles. The van der Waals surface area contributed by atoms with Crippen LogP contribution in [0.15, 0.2) is 18.2 Å². The third-order valence-electron chi connectivity index (χ3n) is 2.88. The van der Waals surface area contributed by atoms with E-state index in [1.807, 2.05) is 6.92 Å². The standard InChI is InChI=1S/C12H19NO/c1-8-4-5-11(6-9(8)2)10(3)12(14)7-13/h4-6,10,12,14H,7,13H2,1-3H3. The number of aliphatic hydroxyl groups excluding tert-OH is 1. The monoisotopic (exact) mass is 193 g/mol. The van der Waals surface area contributed by atoms with Crippen LogP contribution in [0.4, 0.5) is 0 Å². The summed E-state index contributed by atoms with van der Waals surface area (Å²) in [5, 5.41) is 9.62. The quantitative estimate of drug-likeness (QED) is 0.768. The van der Waals surface area contributed by atoms with Gasteiger partial charge in [0.1, 0.15) is 0 Å². The first-order chi connectivity index (χ1) is 6.56. The fourth-order valence-electron chi connectivity index (χ4n) is 1.47. The predicted octanol–water partition coefficient (Wildman–Crippen LogP) is 1.73. The zero-order valence-corrected chi connectivity index (χ0v) is 9.12. The van der Waals surface area contributed by atoms with Gasteiger partial charge in [-0.2, -0.15) is 0 Å². The smallest absolute Gasteiger partial charge is 0.0728 e. The van der Waals surface area contributed by atoms with E-state index in [1.54, 1.807) is 0 Å². The van der Waals surface area contributed by atoms with Crippen molar-refractivity contribution in [2.24, 2.45) is 5.73 Å². The van der Waals surface area contributed by atoms with Gasteiger partial charge in [-0.1, -0.05) is 25.1 Å². The van der Waals surface area contributed by atoms with Gasteiger partial charge in [0.2, 0.25) is 0 Å².